The topological polar surface area (TPSA) is 82.5 Å². The number of allylic oxidation sites excluding steroid dienone is 3. The van der Waals surface area contributed by atoms with Crippen molar-refractivity contribution in [3.8, 4) is 11.1 Å². The minimum Gasteiger partial charge on any atom is -0.464 e. The van der Waals surface area contributed by atoms with Crippen LogP contribution < -0.4 is 5.73 Å². The number of aromatic nitrogens is 3. The van der Waals surface area contributed by atoms with Crippen LogP contribution in [0.25, 0.3) is 22.5 Å². The molecule has 1 aromatic carbocycles. The monoisotopic (exact) mass is 414 g/mol. The predicted octanol–water partition coefficient (Wildman–Crippen LogP) is 4.33. The van der Waals surface area contributed by atoms with Gasteiger partial charge in [0.25, 0.3) is 0 Å². The molecule has 6 nitrogen and oxygen atoms in total. The van der Waals surface area contributed by atoms with Crippen LogP contribution >= 0.6 is 0 Å². The predicted molar refractivity (Wildman–Crippen MR) is 120 cm³/mol. The average Bonchev–Trinajstić information content (AvgIpc) is 3.12. The highest BCUT2D eigenvalue weighted by molar-refractivity contribution is 5.90. The van der Waals surface area contributed by atoms with E-state index < -0.39 is 5.97 Å². The largest absolute Gasteiger partial charge is 0.464 e. The van der Waals surface area contributed by atoms with Gasteiger partial charge in [0.2, 0.25) is 5.78 Å². The van der Waals surface area contributed by atoms with Crippen LogP contribution in [-0.4, -0.2) is 33.0 Å². The Hall–Kier alpha value is -3.25. The van der Waals surface area contributed by atoms with E-state index in [0.29, 0.717) is 17.4 Å². The maximum atomic E-state index is 12.1. The molecule has 1 saturated carbocycles. The van der Waals surface area contributed by atoms with Gasteiger partial charge in [-0.2, -0.15) is 0 Å². The standard InChI is InChI=1S/C25H26N4O2/c1-16-21(23(30)31-2)27-24-28-22(20(15-29(16)24)17-7-4-3-5-8-17)18-9-11-19(12-10-18)25(26)13-6-14-25/h3-5,7-11,15,19H,6,12-14,26H2,1-2H3. The number of imidazole rings is 1. The van der Waals surface area contributed by atoms with E-state index >= 15 is 0 Å². The van der Waals surface area contributed by atoms with Crippen molar-refractivity contribution in [3.05, 3.63) is 71.8 Å². The van der Waals surface area contributed by atoms with E-state index in [4.69, 9.17) is 15.5 Å². The molecule has 0 aliphatic heterocycles. The Morgan fingerprint density at radius 2 is 2.00 bits per heavy atom. The zero-order chi connectivity index (χ0) is 21.6. The number of carbonyl (C=O) groups is 1. The van der Waals surface area contributed by atoms with Crippen molar-refractivity contribution in [2.24, 2.45) is 11.7 Å². The fourth-order valence-corrected chi connectivity index (χ4v) is 4.60. The normalized spacial score (nSPS) is 19.7. The number of ether oxygens (including phenoxy) is 1. The van der Waals surface area contributed by atoms with Crippen molar-refractivity contribution in [3.63, 3.8) is 0 Å². The first kappa shape index (κ1) is 19.7. The first-order valence-electron chi connectivity index (χ1n) is 10.7. The first-order valence-corrected chi connectivity index (χ1v) is 10.7. The van der Waals surface area contributed by atoms with Gasteiger partial charge in [-0.05, 0) is 49.7 Å². The van der Waals surface area contributed by atoms with Crippen LogP contribution in [-0.2, 0) is 4.74 Å². The summed E-state index contributed by atoms with van der Waals surface area (Å²) in [6, 6.07) is 10.2. The molecule has 2 aromatic heterocycles. The van der Waals surface area contributed by atoms with Crippen LogP contribution in [0.1, 0.15) is 47.6 Å². The first-order chi connectivity index (χ1) is 15.0. The number of nitrogens with zero attached hydrogens (tertiary/aromatic N) is 3. The van der Waals surface area contributed by atoms with Gasteiger partial charge in [0, 0.05) is 17.3 Å². The SMILES string of the molecule is COC(=O)c1nc2nc(C3=CCC(C4(N)CCC4)C=C3)c(-c3ccccc3)cn2c1C. The number of carbonyl (C=O) groups excluding carboxylic acids is 1. The number of rotatable bonds is 4. The Bertz CT molecular complexity index is 1220. The second kappa shape index (κ2) is 7.46. The molecule has 6 heteroatoms. The summed E-state index contributed by atoms with van der Waals surface area (Å²) in [5, 5.41) is 0. The maximum absolute atomic E-state index is 12.1. The third-order valence-electron chi connectivity index (χ3n) is 6.72. The Morgan fingerprint density at radius 1 is 1.23 bits per heavy atom. The summed E-state index contributed by atoms with van der Waals surface area (Å²) >= 11 is 0. The van der Waals surface area contributed by atoms with Gasteiger partial charge in [0.1, 0.15) is 0 Å². The molecule has 0 bridgehead atoms. The smallest absolute Gasteiger partial charge is 0.358 e. The molecule has 0 spiro atoms. The molecule has 158 valence electrons. The molecule has 31 heavy (non-hydrogen) atoms. The van der Waals surface area contributed by atoms with E-state index in [9.17, 15) is 4.79 Å². The lowest BCUT2D eigenvalue weighted by Crippen LogP contribution is -2.52. The molecule has 3 aromatic rings. The van der Waals surface area contributed by atoms with Gasteiger partial charge in [0.05, 0.1) is 18.5 Å². The second-order valence-electron chi connectivity index (χ2n) is 8.52. The van der Waals surface area contributed by atoms with Crippen molar-refractivity contribution >= 4 is 17.3 Å². The zero-order valence-corrected chi connectivity index (χ0v) is 17.8. The van der Waals surface area contributed by atoms with Gasteiger partial charge >= 0.3 is 5.97 Å². The van der Waals surface area contributed by atoms with Gasteiger partial charge in [-0.25, -0.2) is 14.8 Å². The molecule has 0 amide bonds. The summed E-state index contributed by atoms with van der Waals surface area (Å²) in [5.74, 6) is 0.394. The summed E-state index contributed by atoms with van der Waals surface area (Å²) in [5.41, 5.74) is 11.5. The number of hydrogen-bond donors (Lipinski definition) is 1. The molecule has 1 fully saturated rings. The molecule has 2 heterocycles. The van der Waals surface area contributed by atoms with Crippen LogP contribution in [0.15, 0.2) is 54.8 Å². The Kier molecular flexibility index (Phi) is 4.74. The highest BCUT2D eigenvalue weighted by Gasteiger charge is 2.39. The zero-order valence-electron chi connectivity index (χ0n) is 17.8. The van der Waals surface area contributed by atoms with Gasteiger partial charge in [-0.3, -0.25) is 4.40 Å². The van der Waals surface area contributed by atoms with E-state index in [-0.39, 0.29) is 11.2 Å². The molecule has 0 radical (unpaired) electrons. The van der Waals surface area contributed by atoms with Crippen molar-refractivity contribution < 1.29 is 9.53 Å². The summed E-state index contributed by atoms with van der Waals surface area (Å²) in [7, 11) is 1.36. The van der Waals surface area contributed by atoms with E-state index in [1.165, 1.54) is 13.5 Å². The fraction of sp³-hybridized carbons (Fsp3) is 0.320. The maximum Gasteiger partial charge on any atom is 0.358 e. The Labute approximate surface area is 181 Å². The Balaban J connectivity index is 1.63. The van der Waals surface area contributed by atoms with Crippen molar-refractivity contribution in [1.29, 1.82) is 0 Å². The van der Waals surface area contributed by atoms with E-state index in [1.54, 1.807) is 0 Å². The third-order valence-corrected chi connectivity index (χ3v) is 6.72. The molecular formula is C25H26N4O2. The number of aryl methyl sites for hydroxylation is 1. The van der Waals surface area contributed by atoms with Gasteiger partial charge < -0.3 is 10.5 Å². The highest BCUT2D eigenvalue weighted by atomic mass is 16.5. The number of methoxy groups -OCH3 is 1. The van der Waals surface area contributed by atoms with E-state index in [2.05, 4.69) is 35.3 Å². The van der Waals surface area contributed by atoms with Gasteiger partial charge in [-0.15, -0.1) is 0 Å². The van der Waals surface area contributed by atoms with Crippen molar-refractivity contribution in [1.82, 2.24) is 14.4 Å². The number of hydrogen-bond acceptors (Lipinski definition) is 5. The summed E-state index contributed by atoms with van der Waals surface area (Å²) in [6.45, 7) is 1.85. The average molecular weight is 415 g/mol. The molecule has 1 unspecified atom stereocenters. The second-order valence-corrected chi connectivity index (χ2v) is 8.52. The molecule has 2 aliphatic rings. The molecular weight excluding hydrogens is 388 g/mol. The quantitative estimate of drug-likeness (QED) is 0.643. The van der Waals surface area contributed by atoms with Crippen LogP contribution in [0.3, 0.4) is 0 Å². The lowest BCUT2D eigenvalue weighted by molar-refractivity contribution is 0.0594. The third kappa shape index (κ3) is 3.27. The van der Waals surface area contributed by atoms with E-state index in [1.807, 2.05) is 35.7 Å². The van der Waals surface area contributed by atoms with Crippen LogP contribution in [0.4, 0.5) is 0 Å². The molecule has 2 N–H and O–H groups in total. The molecule has 0 saturated heterocycles. The van der Waals surface area contributed by atoms with Gasteiger partial charge in [0.15, 0.2) is 5.69 Å². The summed E-state index contributed by atoms with van der Waals surface area (Å²) in [4.78, 5) is 21.5. The van der Waals surface area contributed by atoms with Crippen LogP contribution in [0, 0.1) is 12.8 Å². The lowest BCUT2D eigenvalue weighted by Gasteiger charge is -2.44. The molecule has 2 aliphatic carbocycles. The molecule has 1 atom stereocenters. The van der Waals surface area contributed by atoms with Crippen molar-refractivity contribution in [2.75, 3.05) is 7.11 Å². The summed E-state index contributed by atoms with van der Waals surface area (Å²) < 4.78 is 6.75. The van der Waals surface area contributed by atoms with E-state index in [0.717, 1.165) is 41.7 Å². The summed E-state index contributed by atoms with van der Waals surface area (Å²) in [6.07, 6.45) is 12.9. The van der Waals surface area contributed by atoms with Crippen LogP contribution in [0.5, 0.6) is 0 Å². The van der Waals surface area contributed by atoms with Gasteiger partial charge in [-0.1, -0.05) is 48.6 Å². The van der Waals surface area contributed by atoms with Crippen LogP contribution in [0.2, 0.25) is 0 Å². The van der Waals surface area contributed by atoms with Crippen molar-refractivity contribution in [2.45, 2.75) is 38.1 Å². The number of benzene rings is 1. The Morgan fingerprint density at radius 3 is 2.61 bits per heavy atom. The lowest BCUT2D eigenvalue weighted by atomic mass is 9.66. The minimum atomic E-state index is -0.459. The number of fused-ring (bicyclic) bond motifs is 1. The highest BCUT2D eigenvalue weighted by Crippen LogP contribution is 2.41. The number of esters is 1. The fourth-order valence-electron chi connectivity index (χ4n) is 4.60. The molecule has 5 rings (SSSR count). The number of nitrogens with two attached hydrogens (primary N) is 1. The minimum absolute atomic E-state index is 0.0617.